The summed E-state index contributed by atoms with van der Waals surface area (Å²) in [5.74, 6) is -0.666. The number of ether oxygens (including phenoxy) is 1. The molecule has 1 aliphatic rings. The number of carbonyl (C=O) groups is 2. The molecule has 1 N–H and O–H groups in total. The van der Waals surface area contributed by atoms with Gasteiger partial charge in [-0.1, -0.05) is 66.4 Å². The van der Waals surface area contributed by atoms with Crippen molar-refractivity contribution in [2.45, 2.75) is 56.1 Å². The Kier molecular flexibility index (Phi) is 10.2. The highest BCUT2D eigenvalue weighted by molar-refractivity contribution is 7.92. The lowest BCUT2D eigenvalue weighted by atomic mass is 10.1. The van der Waals surface area contributed by atoms with Gasteiger partial charge < -0.3 is 15.0 Å². The van der Waals surface area contributed by atoms with E-state index in [1.165, 1.54) is 36.3 Å². The number of anilines is 1. The van der Waals surface area contributed by atoms with Crippen molar-refractivity contribution in [2.75, 3.05) is 18.0 Å². The van der Waals surface area contributed by atoms with Crippen molar-refractivity contribution in [3.8, 4) is 5.75 Å². The normalized spacial score (nSPS) is 14.3. The number of halogens is 2. The SMILES string of the molecule is COc1ccc(Cl)cc1N(CC(=O)N(Cc1cccc(Cl)c1)[C@H](C)C(=O)NC1CCCC1)S(=O)(=O)c1ccccc1. The quantitative estimate of drug-likeness (QED) is 0.299. The van der Waals surface area contributed by atoms with Gasteiger partial charge in [-0.15, -0.1) is 0 Å². The highest BCUT2D eigenvalue weighted by Gasteiger charge is 2.34. The third kappa shape index (κ3) is 7.52. The molecule has 4 rings (SSSR count). The molecule has 0 aromatic heterocycles. The minimum Gasteiger partial charge on any atom is -0.495 e. The molecule has 3 aromatic rings. The summed E-state index contributed by atoms with van der Waals surface area (Å²) >= 11 is 12.5. The third-order valence-corrected chi connectivity index (χ3v) is 9.37. The molecule has 0 saturated heterocycles. The molecule has 3 aromatic carbocycles. The zero-order valence-electron chi connectivity index (χ0n) is 22.9. The molecule has 2 amide bonds. The zero-order valence-corrected chi connectivity index (χ0v) is 25.3. The minimum absolute atomic E-state index is 0.0109. The van der Waals surface area contributed by atoms with Gasteiger partial charge in [0.05, 0.1) is 17.7 Å². The van der Waals surface area contributed by atoms with Gasteiger partial charge in [-0.25, -0.2) is 8.42 Å². The van der Waals surface area contributed by atoms with Gasteiger partial charge in [-0.05, 0) is 67.8 Å². The van der Waals surface area contributed by atoms with Crippen molar-refractivity contribution in [1.82, 2.24) is 10.2 Å². The fraction of sp³-hybridized carbons (Fsp3) is 0.333. The van der Waals surface area contributed by atoms with Gasteiger partial charge in [0.15, 0.2) is 0 Å². The van der Waals surface area contributed by atoms with E-state index in [1.807, 2.05) is 0 Å². The first-order valence-electron chi connectivity index (χ1n) is 13.4. The van der Waals surface area contributed by atoms with Crippen molar-refractivity contribution >= 4 is 50.7 Å². The highest BCUT2D eigenvalue weighted by Crippen LogP contribution is 2.35. The summed E-state index contributed by atoms with van der Waals surface area (Å²) in [6, 6.07) is 18.5. The van der Waals surface area contributed by atoms with Crippen molar-refractivity contribution in [3.05, 3.63) is 88.4 Å². The number of nitrogens with one attached hydrogen (secondary N) is 1. The van der Waals surface area contributed by atoms with Crippen molar-refractivity contribution in [2.24, 2.45) is 0 Å². The van der Waals surface area contributed by atoms with Gasteiger partial charge >= 0.3 is 0 Å². The van der Waals surface area contributed by atoms with E-state index < -0.39 is 28.5 Å². The zero-order chi connectivity index (χ0) is 29.6. The molecule has 1 atom stereocenters. The largest absolute Gasteiger partial charge is 0.495 e. The minimum atomic E-state index is -4.25. The Balaban J connectivity index is 1.73. The number of benzene rings is 3. The molecule has 11 heteroatoms. The Morgan fingerprint density at radius 1 is 0.976 bits per heavy atom. The van der Waals surface area contributed by atoms with Crippen LogP contribution in [0.3, 0.4) is 0 Å². The Bertz CT molecular complexity index is 1480. The first kappa shape index (κ1) is 30.7. The summed E-state index contributed by atoms with van der Waals surface area (Å²) in [7, 11) is -2.85. The van der Waals surface area contributed by atoms with Crippen LogP contribution < -0.4 is 14.4 Å². The smallest absolute Gasteiger partial charge is 0.264 e. The molecule has 0 aliphatic heterocycles. The van der Waals surface area contributed by atoms with Crippen LogP contribution in [-0.2, 0) is 26.2 Å². The molecule has 0 heterocycles. The van der Waals surface area contributed by atoms with Gasteiger partial charge in [0.1, 0.15) is 18.3 Å². The number of methoxy groups -OCH3 is 1. The van der Waals surface area contributed by atoms with Crippen LogP contribution in [0.1, 0.15) is 38.2 Å². The number of nitrogens with zero attached hydrogens (tertiary/aromatic N) is 2. The van der Waals surface area contributed by atoms with E-state index in [9.17, 15) is 18.0 Å². The topological polar surface area (TPSA) is 96.0 Å². The standard InChI is InChI=1S/C30H33Cl2N3O5S/c1-21(30(37)33-25-11-6-7-12-25)34(19-22-9-8-10-23(31)17-22)29(36)20-35(27-18-24(32)15-16-28(27)40-2)41(38,39)26-13-4-3-5-14-26/h3-5,8-10,13-18,21,25H,6-7,11-12,19-20H2,1-2H3,(H,33,37)/t21-/m1/s1. The summed E-state index contributed by atoms with van der Waals surface area (Å²) < 4.78 is 34.4. The molecular weight excluding hydrogens is 585 g/mol. The molecule has 1 aliphatic carbocycles. The first-order chi connectivity index (χ1) is 19.6. The number of carbonyl (C=O) groups excluding carboxylic acids is 2. The van der Waals surface area contributed by atoms with Crippen LogP contribution in [0.15, 0.2) is 77.7 Å². The predicted molar refractivity (Wildman–Crippen MR) is 161 cm³/mol. The van der Waals surface area contributed by atoms with E-state index in [4.69, 9.17) is 27.9 Å². The van der Waals surface area contributed by atoms with Gasteiger partial charge in [0.25, 0.3) is 10.0 Å². The Labute approximate surface area is 251 Å². The number of hydrogen-bond acceptors (Lipinski definition) is 5. The molecule has 41 heavy (non-hydrogen) atoms. The second kappa shape index (κ2) is 13.6. The van der Waals surface area contributed by atoms with Crippen molar-refractivity contribution < 1.29 is 22.7 Å². The molecule has 1 fully saturated rings. The summed E-state index contributed by atoms with van der Waals surface area (Å²) in [5, 5.41) is 3.80. The summed E-state index contributed by atoms with van der Waals surface area (Å²) in [6.45, 7) is 1.09. The van der Waals surface area contributed by atoms with Gasteiger partial charge in [0.2, 0.25) is 11.8 Å². The molecule has 0 radical (unpaired) electrons. The van der Waals surface area contributed by atoms with E-state index in [0.29, 0.717) is 10.6 Å². The van der Waals surface area contributed by atoms with Crippen LogP contribution in [-0.4, -0.2) is 50.9 Å². The maximum absolute atomic E-state index is 14.1. The predicted octanol–water partition coefficient (Wildman–Crippen LogP) is 5.67. The Morgan fingerprint density at radius 3 is 2.32 bits per heavy atom. The number of sulfonamides is 1. The van der Waals surface area contributed by atoms with Crippen LogP contribution >= 0.6 is 23.2 Å². The molecule has 1 saturated carbocycles. The average molecular weight is 619 g/mol. The third-order valence-electron chi connectivity index (χ3n) is 7.13. The molecule has 8 nitrogen and oxygen atoms in total. The molecule has 0 unspecified atom stereocenters. The maximum Gasteiger partial charge on any atom is 0.264 e. The molecular formula is C30H33Cl2N3O5S. The highest BCUT2D eigenvalue weighted by atomic mass is 35.5. The fourth-order valence-electron chi connectivity index (χ4n) is 4.90. The number of amides is 2. The number of rotatable bonds is 11. The lowest BCUT2D eigenvalue weighted by Gasteiger charge is -2.33. The second-order valence-corrected chi connectivity index (χ2v) is 12.7. The van der Waals surface area contributed by atoms with Crippen LogP contribution in [0.2, 0.25) is 10.0 Å². The molecule has 0 spiro atoms. The number of hydrogen-bond donors (Lipinski definition) is 1. The maximum atomic E-state index is 14.1. The van der Waals surface area contributed by atoms with Crippen LogP contribution in [0.5, 0.6) is 5.75 Å². The second-order valence-electron chi connectivity index (χ2n) is 9.96. The fourth-order valence-corrected chi connectivity index (χ4v) is 6.71. The van der Waals surface area contributed by atoms with Gasteiger partial charge in [0, 0.05) is 22.6 Å². The van der Waals surface area contributed by atoms with E-state index >= 15 is 0 Å². The first-order valence-corrected chi connectivity index (χ1v) is 15.6. The van der Waals surface area contributed by atoms with Crippen LogP contribution in [0.4, 0.5) is 5.69 Å². The van der Waals surface area contributed by atoms with Crippen LogP contribution in [0.25, 0.3) is 0 Å². The molecule has 218 valence electrons. The van der Waals surface area contributed by atoms with Crippen LogP contribution in [0, 0.1) is 0 Å². The lowest BCUT2D eigenvalue weighted by molar-refractivity contribution is -0.139. The molecule has 0 bridgehead atoms. The van der Waals surface area contributed by atoms with E-state index in [-0.39, 0.29) is 39.8 Å². The summed E-state index contributed by atoms with van der Waals surface area (Å²) in [4.78, 5) is 28.8. The van der Waals surface area contributed by atoms with E-state index in [1.54, 1.807) is 55.5 Å². The Morgan fingerprint density at radius 2 is 1.66 bits per heavy atom. The van der Waals surface area contributed by atoms with Gasteiger partial charge in [-0.3, -0.25) is 13.9 Å². The Hall–Kier alpha value is -3.27. The van der Waals surface area contributed by atoms with Crippen molar-refractivity contribution in [1.29, 1.82) is 0 Å². The monoisotopic (exact) mass is 617 g/mol. The average Bonchev–Trinajstić information content (AvgIpc) is 3.47. The van der Waals surface area contributed by atoms with E-state index in [2.05, 4.69) is 5.32 Å². The van der Waals surface area contributed by atoms with Crippen molar-refractivity contribution in [3.63, 3.8) is 0 Å². The lowest BCUT2D eigenvalue weighted by Crippen LogP contribution is -2.52. The van der Waals surface area contributed by atoms with Gasteiger partial charge in [-0.2, -0.15) is 0 Å². The summed E-state index contributed by atoms with van der Waals surface area (Å²) in [5.41, 5.74) is 0.798. The summed E-state index contributed by atoms with van der Waals surface area (Å²) in [6.07, 6.45) is 3.85. The van der Waals surface area contributed by atoms with E-state index in [0.717, 1.165) is 30.0 Å².